The van der Waals surface area contributed by atoms with Crippen molar-refractivity contribution in [3.05, 3.63) is 66.0 Å². The molecule has 0 radical (unpaired) electrons. The van der Waals surface area contributed by atoms with Crippen LogP contribution >= 0.6 is 0 Å². The standard InChI is InChI=1S/C10H8O.C5H5N/c1-3-9-6-4-5-7-10(9)8(2)11;1-2-4-6-5-3-1/h1,4-7H,2H3;1-5H. The van der Waals surface area contributed by atoms with Gasteiger partial charge in [-0.1, -0.05) is 30.2 Å². The lowest BCUT2D eigenvalue weighted by Gasteiger charge is -1.97. The summed E-state index contributed by atoms with van der Waals surface area (Å²) in [6.07, 6.45) is 8.69. The first-order chi connectivity index (χ1) is 8.25. The third-order valence-corrected chi connectivity index (χ3v) is 2.03. The molecule has 1 aromatic carbocycles. The van der Waals surface area contributed by atoms with E-state index in [9.17, 15) is 4.79 Å². The van der Waals surface area contributed by atoms with Crippen LogP contribution in [0.25, 0.3) is 0 Å². The van der Waals surface area contributed by atoms with Gasteiger partial charge in [0, 0.05) is 23.5 Å². The monoisotopic (exact) mass is 223 g/mol. The van der Waals surface area contributed by atoms with Crippen LogP contribution < -0.4 is 0 Å². The van der Waals surface area contributed by atoms with Crippen LogP contribution in [0, 0.1) is 12.3 Å². The average Bonchev–Trinajstić information content (AvgIpc) is 2.41. The number of hydrogen-bond acceptors (Lipinski definition) is 2. The van der Waals surface area contributed by atoms with Crippen molar-refractivity contribution in [3.63, 3.8) is 0 Å². The fraction of sp³-hybridized carbons (Fsp3) is 0.0667. The fourth-order valence-corrected chi connectivity index (χ4v) is 1.23. The van der Waals surface area contributed by atoms with Crippen molar-refractivity contribution in [3.8, 4) is 12.3 Å². The predicted octanol–water partition coefficient (Wildman–Crippen LogP) is 2.95. The van der Waals surface area contributed by atoms with E-state index >= 15 is 0 Å². The third-order valence-electron chi connectivity index (χ3n) is 2.03. The van der Waals surface area contributed by atoms with Crippen LogP contribution in [0.15, 0.2) is 54.9 Å². The molecule has 0 N–H and O–H groups in total. The van der Waals surface area contributed by atoms with Crippen LogP contribution in [0.2, 0.25) is 0 Å². The molecule has 2 aromatic rings. The molecule has 84 valence electrons. The van der Waals surface area contributed by atoms with Crippen LogP contribution in [-0.2, 0) is 0 Å². The summed E-state index contributed by atoms with van der Waals surface area (Å²) in [6, 6.07) is 12.8. The van der Waals surface area contributed by atoms with Crippen LogP contribution in [0.4, 0.5) is 0 Å². The highest BCUT2D eigenvalue weighted by Crippen LogP contribution is 2.06. The van der Waals surface area contributed by atoms with Gasteiger partial charge >= 0.3 is 0 Å². The normalized spacial score (nSPS) is 8.47. The van der Waals surface area contributed by atoms with E-state index in [1.54, 1.807) is 30.6 Å². The summed E-state index contributed by atoms with van der Waals surface area (Å²) in [5, 5.41) is 0. The second kappa shape index (κ2) is 6.97. The average molecular weight is 223 g/mol. The largest absolute Gasteiger partial charge is 0.294 e. The second-order valence-electron chi connectivity index (χ2n) is 3.27. The number of terminal acetylenes is 1. The van der Waals surface area contributed by atoms with E-state index in [0.29, 0.717) is 11.1 Å². The molecule has 2 rings (SSSR count). The first kappa shape index (κ1) is 12.7. The lowest BCUT2D eigenvalue weighted by molar-refractivity contribution is 0.101. The van der Waals surface area contributed by atoms with Crippen molar-refractivity contribution in [2.75, 3.05) is 0 Å². The van der Waals surface area contributed by atoms with Crippen molar-refractivity contribution < 1.29 is 4.79 Å². The Morgan fingerprint density at radius 2 is 1.76 bits per heavy atom. The number of pyridine rings is 1. The highest BCUT2D eigenvalue weighted by Gasteiger charge is 2.01. The molecule has 17 heavy (non-hydrogen) atoms. The summed E-state index contributed by atoms with van der Waals surface area (Å²) in [4.78, 5) is 14.7. The smallest absolute Gasteiger partial charge is 0.161 e. The van der Waals surface area contributed by atoms with E-state index in [1.165, 1.54) is 6.92 Å². The van der Waals surface area contributed by atoms with Gasteiger partial charge in [0.25, 0.3) is 0 Å². The molecular weight excluding hydrogens is 210 g/mol. The van der Waals surface area contributed by atoms with Gasteiger partial charge in [-0.15, -0.1) is 6.42 Å². The van der Waals surface area contributed by atoms with Gasteiger partial charge in [-0.2, -0.15) is 0 Å². The molecule has 0 saturated carbocycles. The van der Waals surface area contributed by atoms with E-state index in [0.717, 1.165) is 0 Å². The minimum absolute atomic E-state index is 0.0125. The van der Waals surface area contributed by atoms with Crippen LogP contribution in [0.1, 0.15) is 22.8 Å². The Balaban J connectivity index is 0.000000202. The maximum atomic E-state index is 10.9. The van der Waals surface area contributed by atoms with Crippen molar-refractivity contribution >= 4 is 5.78 Å². The number of benzene rings is 1. The molecule has 0 atom stereocenters. The predicted molar refractivity (Wildman–Crippen MR) is 68.6 cm³/mol. The van der Waals surface area contributed by atoms with Crippen LogP contribution in [0.3, 0.4) is 0 Å². The van der Waals surface area contributed by atoms with Crippen molar-refractivity contribution in [1.29, 1.82) is 0 Å². The van der Waals surface area contributed by atoms with E-state index in [2.05, 4.69) is 10.9 Å². The zero-order chi connectivity index (χ0) is 12.5. The molecule has 0 bridgehead atoms. The number of aromatic nitrogens is 1. The summed E-state index contributed by atoms with van der Waals surface area (Å²) in [6.45, 7) is 1.51. The van der Waals surface area contributed by atoms with E-state index in [4.69, 9.17) is 6.42 Å². The molecule has 0 amide bonds. The number of carbonyl (C=O) groups excluding carboxylic acids is 1. The number of carbonyl (C=O) groups is 1. The fourth-order valence-electron chi connectivity index (χ4n) is 1.23. The maximum absolute atomic E-state index is 10.9. The van der Waals surface area contributed by atoms with E-state index < -0.39 is 0 Å². The minimum Gasteiger partial charge on any atom is -0.294 e. The molecule has 0 spiro atoms. The van der Waals surface area contributed by atoms with Gasteiger partial charge in [0.05, 0.1) is 0 Å². The van der Waals surface area contributed by atoms with Gasteiger partial charge in [0.2, 0.25) is 0 Å². The molecule has 1 heterocycles. The number of ketones is 1. The zero-order valence-electron chi connectivity index (χ0n) is 9.63. The molecule has 0 fully saturated rings. The summed E-state index contributed by atoms with van der Waals surface area (Å²) in [5.41, 5.74) is 1.29. The lowest BCUT2D eigenvalue weighted by atomic mass is 10.1. The molecule has 2 heteroatoms. The number of hydrogen-bond donors (Lipinski definition) is 0. The second-order valence-corrected chi connectivity index (χ2v) is 3.27. The SMILES string of the molecule is C#Cc1ccccc1C(C)=O.c1ccncc1. The Hall–Kier alpha value is -2.40. The van der Waals surface area contributed by atoms with Gasteiger partial charge in [-0.05, 0) is 25.1 Å². The Kier molecular flexibility index (Phi) is 5.19. The van der Waals surface area contributed by atoms with Gasteiger partial charge in [0.1, 0.15) is 0 Å². The van der Waals surface area contributed by atoms with Crippen molar-refractivity contribution in [1.82, 2.24) is 4.98 Å². The minimum atomic E-state index is 0.0125. The first-order valence-electron chi connectivity index (χ1n) is 5.17. The molecule has 0 unspecified atom stereocenters. The molecular formula is C15H13NO. The Morgan fingerprint density at radius 1 is 1.12 bits per heavy atom. The molecule has 0 saturated heterocycles. The van der Waals surface area contributed by atoms with E-state index in [1.807, 2.05) is 24.3 Å². The summed E-state index contributed by atoms with van der Waals surface area (Å²) >= 11 is 0. The third kappa shape index (κ3) is 4.31. The summed E-state index contributed by atoms with van der Waals surface area (Å²) in [5.74, 6) is 2.47. The number of Topliss-reactive ketones (excluding diaryl/α,β-unsaturated/α-hetero) is 1. The van der Waals surface area contributed by atoms with Crippen LogP contribution in [-0.4, -0.2) is 10.8 Å². The first-order valence-corrected chi connectivity index (χ1v) is 5.17. The van der Waals surface area contributed by atoms with Gasteiger partial charge < -0.3 is 0 Å². The van der Waals surface area contributed by atoms with Crippen LogP contribution in [0.5, 0.6) is 0 Å². The van der Waals surface area contributed by atoms with Gasteiger partial charge in [-0.3, -0.25) is 9.78 Å². The Labute approximate surface area is 101 Å². The summed E-state index contributed by atoms with van der Waals surface area (Å²) < 4.78 is 0. The van der Waals surface area contributed by atoms with Crippen molar-refractivity contribution in [2.24, 2.45) is 0 Å². The molecule has 1 aromatic heterocycles. The Bertz CT molecular complexity index is 485. The molecule has 2 nitrogen and oxygen atoms in total. The molecule has 0 aliphatic rings. The highest BCUT2D eigenvalue weighted by atomic mass is 16.1. The van der Waals surface area contributed by atoms with Gasteiger partial charge in [0.15, 0.2) is 5.78 Å². The lowest BCUT2D eigenvalue weighted by Crippen LogP contribution is -1.94. The van der Waals surface area contributed by atoms with Gasteiger partial charge in [-0.25, -0.2) is 0 Å². The molecule has 0 aliphatic heterocycles. The quantitative estimate of drug-likeness (QED) is 0.549. The topological polar surface area (TPSA) is 30.0 Å². The highest BCUT2D eigenvalue weighted by molar-refractivity contribution is 5.96. The van der Waals surface area contributed by atoms with E-state index in [-0.39, 0.29) is 5.78 Å². The maximum Gasteiger partial charge on any atom is 0.161 e. The summed E-state index contributed by atoms with van der Waals surface area (Å²) in [7, 11) is 0. The zero-order valence-corrected chi connectivity index (χ0v) is 9.63. The molecule has 0 aliphatic carbocycles. The number of nitrogens with zero attached hydrogens (tertiary/aromatic N) is 1. The number of rotatable bonds is 1. The Morgan fingerprint density at radius 3 is 2.12 bits per heavy atom. The van der Waals surface area contributed by atoms with Crippen molar-refractivity contribution in [2.45, 2.75) is 6.92 Å².